The van der Waals surface area contributed by atoms with Gasteiger partial charge in [0.25, 0.3) is 0 Å². The van der Waals surface area contributed by atoms with Crippen LogP contribution < -0.4 is 5.32 Å². The fourth-order valence-corrected chi connectivity index (χ4v) is 4.00. The molecule has 2 aromatic heterocycles. The van der Waals surface area contributed by atoms with Gasteiger partial charge >= 0.3 is 11.9 Å². The van der Waals surface area contributed by atoms with Crippen LogP contribution in [0.3, 0.4) is 0 Å². The first-order chi connectivity index (χ1) is 17.6. The molecule has 0 amide bonds. The maximum Gasteiger partial charge on any atom is 0.339 e. The lowest BCUT2D eigenvalue weighted by atomic mass is 10.0. The summed E-state index contributed by atoms with van der Waals surface area (Å²) in [6, 6.07) is 28.7. The third-order valence-corrected chi connectivity index (χ3v) is 5.87. The fraction of sp³-hybridized carbons (Fsp3) is 0.0690. The van der Waals surface area contributed by atoms with E-state index < -0.39 is 11.9 Å². The normalized spacial score (nSPS) is 10.7. The molecule has 0 saturated carbocycles. The second-order valence-electron chi connectivity index (χ2n) is 8.08. The van der Waals surface area contributed by atoms with Crippen molar-refractivity contribution in [2.45, 2.75) is 0 Å². The zero-order chi connectivity index (χ0) is 25.1. The molecule has 2 heterocycles. The van der Waals surface area contributed by atoms with Gasteiger partial charge in [0.05, 0.1) is 25.3 Å². The first-order valence-electron chi connectivity index (χ1n) is 11.3. The number of nitrogens with one attached hydrogen (secondary N) is 1. The van der Waals surface area contributed by atoms with E-state index >= 15 is 0 Å². The summed E-state index contributed by atoms with van der Waals surface area (Å²) in [5.74, 6) is -0.167. The van der Waals surface area contributed by atoms with Gasteiger partial charge in [0.2, 0.25) is 0 Å². The van der Waals surface area contributed by atoms with E-state index in [1.807, 2.05) is 34.7 Å². The number of benzene rings is 3. The van der Waals surface area contributed by atoms with Crippen molar-refractivity contribution in [3.63, 3.8) is 0 Å². The summed E-state index contributed by atoms with van der Waals surface area (Å²) in [6.45, 7) is 0. The lowest BCUT2D eigenvalue weighted by Gasteiger charge is -2.11. The van der Waals surface area contributed by atoms with Crippen LogP contribution in [0.5, 0.6) is 0 Å². The Hall–Kier alpha value is -4.91. The molecule has 0 aliphatic heterocycles. The first-order valence-corrected chi connectivity index (χ1v) is 11.3. The largest absolute Gasteiger partial charge is 0.465 e. The molecule has 0 unspecified atom stereocenters. The SMILES string of the molecule is COC(=O)c1ccc(Nc2c(-c3ccc(-c4ccccc4)cc3)nc3ccc(C(=O)OC)cn23)cc1. The van der Waals surface area contributed by atoms with Gasteiger partial charge in [0.1, 0.15) is 17.2 Å². The topological polar surface area (TPSA) is 81.9 Å². The number of fused-ring (bicyclic) bond motifs is 1. The Kier molecular flexibility index (Phi) is 6.19. The first kappa shape index (κ1) is 22.9. The second kappa shape index (κ2) is 9.76. The molecular weight excluding hydrogens is 454 g/mol. The average Bonchev–Trinajstić information content (AvgIpc) is 3.30. The molecule has 36 heavy (non-hydrogen) atoms. The van der Waals surface area contributed by atoms with Gasteiger partial charge in [-0.1, -0.05) is 54.6 Å². The number of imidazole rings is 1. The van der Waals surface area contributed by atoms with Crippen LogP contribution in [0.2, 0.25) is 0 Å². The third-order valence-electron chi connectivity index (χ3n) is 5.87. The molecule has 178 valence electrons. The van der Waals surface area contributed by atoms with Crippen molar-refractivity contribution in [3.8, 4) is 22.4 Å². The quantitative estimate of drug-likeness (QED) is 0.303. The molecule has 5 aromatic rings. The minimum Gasteiger partial charge on any atom is -0.465 e. The highest BCUT2D eigenvalue weighted by Gasteiger charge is 2.17. The number of carbonyl (C=O) groups excluding carboxylic acids is 2. The molecular formula is C29H23N3O4. The smallest absolute Gasteiger partial charge is 0.339 e. The standard InChI is InChI=1S/C29H23N3O4/c1-35-28(33)22-12-15-24(16-13-22)30-27-26(31-25-17-14-23(18-32(25)27)29(34)36-2)21-10-8-20(9-11-21)19-6-4-3-5-7-19/h3-18,30H,1-2H3. The lowest BCUT2D eigenvalue weighted by Crippen LogP contribution is -2.04. The summed E-state index contributed by atoms with van der Waals surface area (Å²) in [7, 11) is 2.70. The Morgan fingerprint density at radius 2 is 1.28 bits per heavy atom. The van der Waals surface area contributed by atoms with E-state index in [4.69, 9.17) is 14.5 Å². The van der Waals surface area contributed by atoms with E-state index in [9.17, 15) is 9.59 Å². The molecule has 5 rings (SSSR count). The van der Waals surface area contributed by atoms with E-state index in [1.54, 1.807) is 42.6 Å². The number of rotatable bonds is 6. The summed E-state index contributed by atoms with van der Waals surface area (Å²) in [6.07, 6.45) is 1.70. The maximum absolute atomic E-state index is 12.2. The van der Waals surface area contributed by atoms with Gasteiger partial charge in [0.15, 0.2) is 0 Å². The van der Waals surface area contributed by atoms with Crippen molar-refractivity contribution in [1.29, 1.82) is 0 Å². The van der Waals surface area contributed by atoms with Gasteiger partial charge in [0, 0.05) is 17.4 Å². The number of nitrogens with zero attached hydrogens (tertiary/aromatic N) is 2. The van der Waals surface area contributed by atoms with Gasteiger partial charge in [-0.3, -0.25) is 4.40 Å². The number of aromatic nitrogens is 2. The predicted octanol–water partition coefficient (Wildman–Crippen LogP) is 5.99. The number of anilines is 2. The number of methoxy groups -OCH3 is 2. The van der Waals surface area contributed by atoms with Crippen molar-refractivity contribution in [2.24, 2.45) is 0 Å². The van der Waals surface area contributed by atoms with Crippen molar-refractivity contribution < 1.29 is 19.1 Å². The van der Waals surface area contributed by atoms with Gasteiger partial charge < -0.3 is 14.8 Å². The van der Waals surface area contributed by atoms with Crippen molar-refractivity contribution in [1.82, 2.24) is 9.38 Å². The lowest BCUT2D eigenvalue weighted by molar-refractivity contribution is 0.0591. The zero-order valence-electron chi connectivity index (χ0n) is 19.8. The number of hydrogen-bond acceptors (Lipinski definition) is 6. The van der Waals surface area contributed by atoms with E-state index in [1.165, 1.54) is 14.2 Å². The van der Waals surface area contributed by atoms with Crippen LogP contribution in [-0.4, -0.2) is 35.5 Å². The van der Waals surface area contributed by atoms with Gasteiger partial charge in [-0.05, 0) is 47.5 Å². The number of esters is 2. The van der Waals surface area contributed by atoms with Crippen LogP contribution >= 0.6 is 0 Å². The Bertz CT molecular complexity index is 1540. The zero-order valence-corrected chi connectivity index (χ0v) is 19.8. The average molecular weight is 478 g/mol. The van der Waals surface area contributed by atoms with Gasteiger partial charge in [-0.15, -0.1) is 0 Å². The van der Waals surface area contributed by atoms with Crippen LogP contribution in [0.15, 0.2) is 97.2 Å². The highest BCUT2D eigenvalue weighted by atomic mass is 16.5. The summed E-state index contributed by atoms with van der Waals surface area (Å²) in [4.78, 5) is 28.8. The summed E-state index contributed by atoms with van der Waals surface area (Å²) < 4.78 is 11.5. The van der Waals surface area contributed by atoms with Gasteiger partial charge in [-0.25, -0.2) is 14.6 Å². The fourth-order valence-electron chi connectivity index (χ4n) is 4.00. The molecule has 0 aliphatic carbocycles. The van der Waals surface area contributed by atoms with Crippen LogP contribution in [0.4, 0.5) is 11.5 Å². The molecule has 0 radical (unpaired) electrons. The molecule has 0 saturated heterocycles. The molecule has 3 aromatic carbocycles. The Morgan fingerprint density at radius 3 is 1.94 bits per heavy atom. The Morgan fingerprint density at radius 1 is 0.694 bits per heavy atom. The van der Waals surface area contributed by atoms with Crippen LogP contribution in [-0.2, 0) is 9.47 Å². The molecule has 1 N–H and O–H groups in total. The van der Waals surface area contributed by atoms with Crippen molar-refractivity contribution in [2.75, 3.05) is 19.5 Å². The Balaban J connectivity index is 1.59. The van der Waals surface area contributed by atoms with Crippen LogP contribution in [0, 0.1) is 0 Å². The number of carbonyl (C=O) groups is 2. The van der Waals surface area contributed by atoms with Crippen LogP contribution in [0.1, 0.15) is 20.7 Å². The molecule has 0 bridgehead atoms. The molecule has 0 aliphatic rings. The minimum absolute atomic E-state index is 0.400. The monoisotopic (exact) mass is 477 g/mol. The van der Waals surface area contributed by atoms with Crippen molar-refractivity contribution >= 4 is 29.1 Å². The van der Waals surface area contributed by atoms with E-state index in [2.05, 4.69) is 29.6 Å². The number of hydrogen-bond donors (Lipinski definition) is 1. The summed E-state index contributed by atoms with van der Waals surface area (Å²) >= 11 is 0. The molecule has 0 spiro atoms. The predicted molar refractivity (Wildman–Crippen MR) is 138 cm³/mol. The highest BCUT2D eigenvalue weighted by Crippen LogP contribution is 2.33. The van der Waals surface area contributed by atoms with Crippen LogP contribution in [0.25, 0.3) is 28.0 Å². The molecule has 7 heteroatoms. The minimum atomic E-state index is -0.437. The number of ether oxygens (including phenoxy) is 2. The van der Waals surface area contributed by atoms with E-state index in [0.717, 1.165) is 22.4 Å². The summed E-state index contributed by atoms with van der Waals surface area (Å²) in [5, 5.41) is 3.40. The second-order valence-corrected chi connectivity index (χ2v) is 8.08. The van der Waals surface area contributed by atoms with E-state index in [0.29, 0.717) is 28.3 Å². The highest BCUT2D eigenvalue weighted by molar-refractivity contribution is 5.91. The maximum atomic E-state index is 12.2. The van der Waals surface area contributed by atoms with E-state index in [-0.39, 0.29) is 0 Å². The Labute approximate surface area is 208 Å². The molecule has 0 atom stereocenters. The third kappa shape index (κ3) is 4.42. The molecule has 0 fully saturated rings. The molecule has 7 nitrogen and oxygen atoms in total. The number of pyridine rings is 1. The summed E-state index contributed by atoms with van der Waals surface area (Å²) in [5.41, 5.74) is 6.12. The van der Waals surface area contributed by atoms with Crippen molar-refractivity contribution in [3.05, 3.63) is 108 Å². The van der Waals surface area contributed by atoms with Gasteiger partial charge in [-0.2, -0.15) is 0 Å².